The minimum Gasteiger partial charge on any atom is -0.462 e. The summed E-state index contributed by atoms with van der Waals surface area (Å²) in [5.41, 5.74) is 2.51. The molecule has 0 fully saturated rings. The Morgan fingerprint density at radius 3 is 2.38 bits per heavy atom. The van der Waals surface area contributed by atoms with Crippen molar-refractivity contribution in [3.05, 3.63) is 29.8 Å². The second-order valence-corrected chi connectivity index (χ2v) is 3.47. The maximum atomic E-state index is 11.4. The van der Waals surface area contributed by atoms with Crippen molar-refractivity contribution in [2.24, 2.45) is 4.99 Å². The van der Waals surface area contributed by atoms with Crippen molar-refractivity contribution in [2.45, 2.75) is 27.2 Å². The van der Waals surface area contributed by atoms with Crippen LogP contribution in [0.2, 0.25) is 0 Å². The summed E-state index contributed by atoms with van der Waals surface area (Å²) in [5.74, 6) is -0.287. The Hall–Kier alpha value is -1.64. The highest BCUT2D eigenvalue weighted by atomic mass is 16.5. The first-order chi connectivity index (χ1) is 7.67. The number of hydrogen-bond donors (Lipinski definition) is 0. The van der Waals surface area contributed by atoms with Gasteiger partial charge in [0.25, 0.3) is 0 Å². The van der Waals surface area contributed by atoms with Gasteiger partial charge in [0.15, 0.2) is 0 Å². The van der Waals surface area contributed by atoms with E-state index in [1.54, 1.807) is 19.1 Å². The van der Waals surface area contributed by atoms with Crippen molar-refractivity contribution in [3.8, 4) is 0 Å². The fourth-order valence-corrected chi connectivity index (χ4v) is 1.19. The van der Waals surface area contributed by atoms with E-state index in [1.807, 2.05) is 19.1 Å². The molecule has 0 aromatic heterocycles. The van der Waals surface area contributed by atoms with Crippen LogP contribution in [0.4, 0.5) is 5.69 Å². The average Bonchev–Trinajstić information content (AvgIpc) is 2.30. The molecule has 0 heterocycles. The molecule has 86 valence electrons. The van der Waals surface area contributed by atoms with Crippen molar-refractivity contribution in [1.82, 2.24) is 0 Å². The van der Waals surface area contributed by atoms with E-state index in [0.717, 1.165) is 17.8 Å². The third kappa shape index (κ3) is 3.50. The van der Waals surface area contributed by atoms with Crippen LogP contribution in [-0.2, 0) is 4.74 Å². The predicted octanol–water partition coefficient (Wildman–Crippen LogP) is 3.37. The monoisotopic (exact) mass is 219 g/mol. The Kier molecular flexibility index (Phi) is 4.70. The van der Waals surface area contributed by atoms with E-state index >= 15 is 0 Å². The predicted molar refractivity (Wildman–Crippen MR) is 65.5 cm³/mol. The van der Waals surface area contributed by atoms with Crippen LogP contribution in [0.15, 0.2) is 29.3 Å². The van der Waals surface area contributed by atoms with Crippen LogP contribution in [0.25, 0.3) is 0 Å². The third-order valence-electron chi connectivity index (χ3n) is 2.21. The van der Waals surface area contributed by atoms with Gasteiger partial charge >= 0.3 is 5.97 Å². The number of ether oxygens (including phenoxy) is 1. The van der Waals surface area contributed by atoms with Crippen LogP contribution in [-0.4, -0.2) is 18.3 Å². The summed E-state index contributed by atoms with van der Waals surface area (Å²) in [5, 5.41) is 0. The summed E-state index contributed by atoms with van der Waals surface area (Å²) >= 11 is 0. The normalized spacial score (nSPS) is 11.3. The molecule has 0 aliphatic rings. The number of carbonyl (C=O) groups is 1. The van der Waals surface area contributed by atoms with Crippen LogP contribution in [0, 0.1) is 0 Å². The number of carbonyl (C=O) groups excluding carboxylic acids is 1. The van der Waals surface area contributed by atoms with E-state index < -0.39 is 0 Å². The molecule has 0 unspecified atom stereocenters. The first kappa shape index (κ1) is 12.4. The number of rotatable bonds is 4. The molecule has 3 nitrogen and oxygen atoms in total. The molecule has 3 heteroatoms. The van der Waals surface area contributed by atoms with Gasteiger partial charge in [0.05, 0.1) is 17.9 Å². The molecule has 16 heavy (non-hydrogen) atoms. The lowest BCUT2D eigenvalue weighted by molar-refractivity contribution is 0.0526. The van der Waals surface area contributed by atoms with Crippen molar-refractivity contribution in [1.29, 1.82) is 0 Å². The number of esters is 1. The smallest absolute Gasteiger partial charge is 0.338 e. The van der Waals surface area contributed by atoms with Gasteiger partial charge in [-0.25, -0.2) is 4.79 Å². The summed E-state index contributed by atoms with van der Waals surface area (Å²) in [6.07, 6.45) is 0.930. The van der Waals surface area contributed by atoms with Gasteiger partial charge in [-0.1, -0.05) is 6.92 Å². The Labute approximate surface area is 96.2 Å². The van der Waals surface area contributed by atoms with Gasteiger partial charge in [-0.05, 0) is 44.5 Å². The molecule has 1 rings (SSSR count). The minimum atomic E-state index is -0.287. The van der Waals surface area contributed by atoms with E-state index in [2.05, 4.69) is 11.9 Å². The summed E-state index contributed by atoms with van der Waals surface area (Å²) < 4.78 is 4.90. The zero-order chi connectivity index (χ0) is 12.0. The maximum Gasteiger partial charge on any atom is 0.338 e. The first-order valence-electron chi connectivity index (χ1n) is 5.48. The zero-order valence-electron chi connectivity index (χ0n) is 9.99. The molecule has 0 saturated heterocycles. The first-order valence-corrected chi connectivity index (χ1v) is 5.48. The van der Waals surface area contributed by atoms with Gasteiger partial charge in [0.2, 0.25) is 0 Å². The van der Waals surface area contributed by atoms with Crippen LogP contribution >= 0.6 is 0 Å². The van der Waals surface area contributed by atoms with Crippen molar-refractivity contribution >= 4 is 17.4 Å². The maximum absolute atomic E-state index is 11.4. The second kappa shape index (κ2) is 6.05. The van der Waals surface area contributed by atoms with E-state index in [9.17, 15) is 4.79 Å². The van der Waals surface area contributed by atoms with Crippen molar-refractivity contribution in [2.75, 3.05) is 6.61 Å². The molecule has 0 saturated carbocycles. The molecule has 0 amide bonds. The topological polar surface area (TPSA) is 38.7 Å². The van der Waals surface area contributed by atoms with Gasteiger partial charge in [0, 0.05) is 5.71 Å². The lowest BCUT2D eigenvalue weighted by atomic mass is 10.2. The van der Waals surface area contributed by atoms with E-state index in [-0.39, 0.29) is 5.97 Å². The van der Waals surface area contributed by atoms with E-state index in [0.29, 0.717) is 12.2 Å². The molecule has 1 aromatic rings. The molecule has 1 aromatic carbocycles. The highest BCUT2D eigenvalue weighted by molar-refractivity contribution is 5.90. The number of aliphatic imine (C=N–C) groups is 1. The van der Waals surface area contributed by atoms with Crippen molar-refractivity contribution < 1.29 is 9.53 Å². The van der Waals surface area contributed by atoms with Gasteiger partial charge in [0.1, 0.15) is 0 Å². The van der Waals surface area contributed by atoms with Gasteiger partial charge in [-0.2, -0.15) is 0 Å². The Morgan fingerprint density at radius 1 is 1.25 bits per heavy atom. The van der Waals surface area contributed by atoms with E-state index in [4.69, 9.17) is 4.74 Å². The van der Waals surface area contributed by atoms with Gasteiger partial charge < -0.3 is 4.74 Å². The molecule has 0 N–H and O–H groups in total. The van der Waals surface area contributed by atoms with E-state index in [1.165, 1.54) is 0 Å². The summed E-state index contributed by atoms with van der Waals surface area (Å²) in [4.78, 5) is 15.8. The molecule has 0 radical (unpaired) electrons. The molecule has 0 bridgehead atoms. The standard InChI is InChI=1S/C13H17NO2/c1-4-10(3)14-12-8-6-11(7-9-12)13(15)16-5-2/h6-9H,4-5H2,1-3H3. The lowest BCUT2D eigenvalue weighted by Crippen LogP contribution is -2.03. The van der Waals surface area contributed by atoms with Crippen LogP contribution in [0.3, 0.4) is 0 Å². The van der Waals surface area contributed by atoms with Gasteiger partial charge in [-0.15, -0.1) is 0 Å². The van der Waals surface area contributed by atoms with Gasteiger partial charge in [-0.3, -0.25) is 4.99 Å². The molecule has 0 aliphatic heterocycles. The second-order valence-electron chi connectivity index (χ2n) is 3.47. The highest BCUT2D eigenvalue weighted by Crippen LogP contribution is 2.14. The van der Waals surface area contributed by atoms with Crippen LogP contribution in [0.1, 0.15) is 37.6 Å². The fraction of sp³-hybridized carbons (Fsp3) is 0.385. The number of benzene rings is 1. The van der Waals surface area contributed by atoms with Crippen LogP contribution in [0.5, 0.6) is 0 Å². The largest absolute Gasteiger partial charge is 0.462 e. The SMILES string of the molecule is CCOC(=O)c1ccc(N=C(C)CC)cc1. The lowest BCUT2D eigenvalue weighted by Gasteiger charge is -2.02. The summed E-state index contributed by atoms with van der Waals surface area (Å²) in [6.45, 7) is 6.24. The third-order valence-corrected chi connectivity index (χ3v) is 2.21. The molecule has 0 spiro atoms. The number of nitrogens with zero attached hydrogens (tertiary/aromatic N) is 1. The Bertz CT molecular complexity index is 379. The minimum absolute atomic E-state index is 0.287. The fourth-order valence-electron chi connectivity index (χ4n) is 1.19. The quantitative estimate of drug-likeness (QED) is 0.575. The zero-order valence-corrected chi connectivity index (χ0v) is 9.99. The Balaban J connectivity index is 2.79. The molecule has 0 aliphatic carbocycles. The molecular formula is C13H17NO2. The molecular weight excluding hydrogens is 202 g/mol. The highest BCUT2D eigenvalue weighted by Gasteiger charge is 2.04. The summed E-state index contributed by atoms with van der Waals surface area (Å²) in [6, 6.07) is 7.12. The van der Waals surface area contributed by atoms with Crippen LogP contribution < -0.4 is 0 Å². The Morgan fingerprint density at radius 2 is 1.88 bits per heavy atom. The number of hydrogen-bond acceptors (Lipinski definition) is 3. The molecule has 0 atom stereocenters. The summed E-state index contributed by atoms with van der Waals surface area (Å²) in [7, 11) is 0. The van der Waals surface area contributed by atoms with Crippen molar-refractivity contribution in [3.63, 3.8) is 0 Å². The average molecular weight is 219 g/mol.